The van der Waals surface area contributed by atoms with Crippen LogP contribution in [0, 0.1) is 0 Å². The topological polar surface area (TPSA) is 371 Å². The molecule has 0 aromatic heterocycles. The minimum Gasteiger partial charge on any atom is -0.377 e. The number of hydrogen-bond donors (Lipinski definition) is 12. The number of halogens is 1. The van der Waals surface area contributed by atoms with Crippen LogP contribution in [0.2, 0.25) is 0 Å². The molecule has 1 aromatic carbocycles. The van der Waals surface area contributed by atoms with Gasteiger partial charge in [-0.1, -0.05) is 71.9 Å². The molecule has 1 rings (SSSR count). The van der Waals surface area contributed by atoms with Gasteiger partial charge in [-0.3, -0.25) is 52.7 Å². The van der Waals surface area contributed by atoms with Crippen molar-refractivity contribution < 1.29 is 71.7 Å². The van der Waals surface area contributed by atoms with Crippen LogP contribution < -0.4 is 58.9 Å². The molecule has 0 unspecified atom stereocenters. The van der Waals surface area contributed by atoms with Crippen molar-refractivity contribution in [2.75, 3.05) is 115 Å². The lowest BCUT2D eigenvalue weighted by Crippen LogP contribution is -2.59. The third-order valence-corrected chi connectivity index (χ3v) is 13.0. The maximum Gasteiger partial charge on any atom is 0.246 e. The third-order valence-electron chi connectivity index (χ3n) is 9.62. The Morgan fingerprint density at radius 1 is 0.500 bits per heavy atom. The van der Waals surface area contributed by atoms with Crippen molar-refractivity contribution in [1.82, 2.24) is 53.2 Å². The van der Waals surface area contributed by atoms with Crippen LogP contribution in [0.1, 0.15) is 47.1 Å². The summed E-state index contributed by atoms with van der Waals surface area (Å²) < 4.78 is 20.5. The molecule has 0 saturated heterocycles. The van der Waals surface area contributed by atoms with Gasteiger partial charge in [0.05, 0.1) is 65.8 Å². The van der Waals surface area contributed by atoms with E-state index in [2.05, 4.69) is 65.8 Å². The second kappa shape index (κ2) is 39.9. The number of carbonyl (C=O) groups excluding carboxylic acids is 11. The number of ether oxygens (including phenoxy) is 4. The van der Waals surface area contributed by atoms with Gasteiger partial charge < -0.3 is 77.8 Å². The van der Waals surface area contributed by atoms with Gasteiger partial charge in [0.25, 0.3) is 0 Å². The van der Waals surface area contributed by atoms with Gasteiger partial charge in [-0.05, 0) is 5.56 Å². The van der Waals surface area contributed by atoms with E-state index in [4.69, 9.17) is 36.3 Å². The average molecular weight is 1180 g/mol. The number of nitrogens with one attached hydrogen (secondary N) is 10. The van der Waals surface area contributed by atoms with Crippen molar-refractivity contribution >= 4 is 113 Å². The van der Waals surface area contributed by atoms with Crippen LogP contribution in [0.4, 0.5) is 0 Å². The van der Waals surface area contributed by atoms with Crippen molar-refractivity contribution in [3.63, 3.8) is 0 Å². The zero-order valence-electron chi connectivity index (χ0n) is 45.0. The molecule has 78 heavy (non-hydrogen) atoms. The number of alkyl halides is 1. The van der Waals surface area contributed by atoms with E-state index < -0.39 is 115 Å². The molecule has 0 bridgehead atoms. The fourth-order valence-corrected chi connectivity index (χ4v) is 7.94. The summed E-state index contributed by atoms with van der Waals surface area (Å²) in [7, 11) is 0. The number of rotatable bonds is 40. The molecule has 30 heteroatoms. The van der Waals surface area contributed by atoms with Gasteiger partial charge in [-0.2, -0.15) is 36.2 Å². The Labute approximate surface area is 474 Å². The molecule has 26 nitrogen and oxygen atoms in total. The van der Waals surface area contributed by atoms with Gasteiger partial charge in [0.1, 0.15) is 43.3 Å². The lowest BCUT2D eigenvalue weighted by molar-refractivity contribution is -0.133. The lowest BCUT2D eigenvalue weighted by Gasteiger charge is -2.26. The Hall–Kier alpha value is -5.43. The monoisotopic (exact) mass is 1180 g/mol. The van der Waals surface area contributed by atoms with Crippen molar-refractivity contribution in [2.45, 2.75) is 81.6 Å². The van der Waals surface area contributed by atoms with Crippen molar-refractivity contribution in [2.24, 2.45) is 5.73 Å². The van der Waals surface area contributed by atoms with E-state index in [1.165, 1.54) is 23.5 Å². The fourth-order valence-electron chi connectivity index (χ4n) is 5.79. The van der Waals surface area contributed by atoms with E-state index >= 15 is 0 Å². The highest BCUT2D eigenvalue weighted by Crippen LogP contribution is 2.24. The molecule has 0 aliphatic rings. The number of primary amides is 1. The second-order valence-electron chi connectivity index (χ2n) is 18.7. The van der Waals surface area contributed by atoms with Crippen molar-refractivity contribution in [3.8, 4) is 0 Å². The molecule has 1 aromatic rings. The summed E-state index contributed by atoms with van der Waals surface area (Å²) in [5.74, 6) is -7.52. The summed E-state index contributed by atoms with van der Waals surface area (Å²) in [5.41, 5.74) is 5.62. The Morgan fingerprint density at radius 2 is 0.936 bits per heavy atom. The number of thioether (sulfide) groups is 2. The first kappa shape index (κ1) is 70.6. The second-order valence-corrected chi connectivity index (χ2v) is 23.0. The molecule has 0 aliphatic heterocycles. The number of thiol groups is 1. The minimum absolute atomic E-state index is 0.0124. The van der Waals surface area contributed by atoms with Crippen LogP contribution >= 0.6 is 47.8 Å². The summed E-state index contributed by atoms with van der Waals surface area (Å²) >= 11 is 12.5. The molecular formula is C48H78ClN11O15S3. The van der Waals surface area contributed by atoms with E-state index in [1.807, 2.05) is 41.5 Å². The third kappa shape index (κ3) is 36.6. The van der Waals surface area contributed by atoms with Gasteiger partial charge in [0.2, 0.25) is 65.0 Å². The van der Waals surface area contributed by atoms with E-state index in [0.29, 0.717) is 5.56 Å². The molecule has 440 valence electrons. The van der Waals surface area contributed by atoms with E-state index in [-0.39, 0.29) is 105 Å². The first-order valence-electron chi connectivity index (χ1n) is 24.7. The Bertz CT molecular complexity index is 2090. The first-order chi connectivity index (χ1) is 36.8. The van der Waals surface area contributed by atoms with Crippen LogP contribution in [0.15, 0.2) is 30.3 Å². The predicted octanol–water partition coefficient (Wildman–Crippen LogP) is -3.35. The van der Waals surface area contributed by atoms with Gasteiger partial charge in [-0.25, -0.2) is 0 Å². The predicted molar refractivity (Wildman–Crippen MR) is 297 cm³/mol. The maximum atomic E-state index is 14.0. The molecule has 4 atom stereocenters. The normalized spacial score (nSPS) is 12.8. The number of hydrogen-bond acceptors (Lipinski definition) is 18. The van der Waals surface area contributed by atoms with Crippen LogP contribution in [0.25, 0.3) is 0 Å². The van der Waals surface area contributed by atoms with Crippen molar-refractivity contribution in [1.29, 1.82) is 0 Å². The average Bonchev–Trinajstić information content (AvgIpc) is 3.38. The highest BCUT2D eigenvalue weighted by atomic mass is 35.5. The standard InChI is InChI=1S/C48H78ClN11O15S3/c1-47(2,3)77-29-34(57-40(65)24-53-37(62)21-49)44(69)56-23-39(64)54-22-38(63)55-25-41(66)58-35(30-78-48(4,5)6)46(71)59-32(20-31-10-8-7-9-11-31)45(70)60-33(28-76)43(68)52-13-15-73-17-19-74-18-16-72-14-12-51-42(67)27-75-26-36(50)61/h7-11,32-35,76H,12-30H2,1-6H3,(H2,50,61)(H,51,67)(H,52,68)(H,53,62)(H,54,64)(H,55,63)(H,56,69)(H,57,65)(H,58,66)(H,59,71)(H,60,70)/t32-,33-,34-,35-/m0/s1. The summed E-state index contributed by atoms with van der Waals surface area (Å²) in [6.07, 6.45) is 0.0124. The van der Waals surface area contributed by atoms with Gasteiger partial charge in [0, 0.05) is 46.3 Å². The molecule has 0 spiro atoms. The van der Waals surface area contributed by atoms with Gasteiger partial charge in [-0.15, -0.1) is 11.6 Å². The van der Waals surface area contributed by atoms with Gasteiger partial charge >= 0.3 is 0 Å². The summed E-state index contributed by atoms with van der Waals surface area (Å²) in [5, 5.41) is 25.2. The maximum absolute atomic E-state index is 14.0. The number of nitrogens with two attached hydrogens (primary N) is 1. The molecule has 0 fully saturated rings. The number of amides is 11. The smallest absolute Gasteiger partial charge is 0.246 e. The first-order valence-corrected chi connectivity index (χ1v) is 27.9. The summed E-state index contributed by atoms with van der Waals surface area (Å²) in [4.78, 5) is 139. The summed E-state index contributed by atoms with van der Waals surface area (Å²) in [6.45, 7) is 10.3. The fraction of sp³-hybridized carbons (Fsp3) is 0.646. The minimum atomic E-state index is -1.22. The molecule has 12 N–H and O–H groups in total. The molecule has 11 amide bonds. The van der Waals surface area contributed by atoms with Crippen LogP contribution in [0.5, 0.6) is 0 Å². The molecule has 0 radical (unpaired) electrons. The quantitative estimate of drug-likeness (QED) is 0.0174. The van der Waals surface area contributed by atoms with Crippen LogP contribution in [-0.2, 0) is 78.1 Å². The van der Waals surface area contributed by atoms with Crippen LogP contribution in [-0.4, -0.2) is 214 Å². The van der Waals surface area contributed by atoms with Gasteiger partial charge in [0.15, 0.2) is 0 Å². The Kier molecular flexibility index (Phi) is 36.1. The zero-order chi connectivity index (χ0) is 58.5. The number of carbonyl (C=O) groups is 11. The molecule has 0 aliphatic carbocycles. The molecule has 0 heterocycles. The largest absolute Gasteiger partial charge is 0.377 e. The van der Waals surface area contributed by atoms with E-state index in [1.54, 1.807) is 30.3 Å². The highest BCUT2D eigenvalue weighted by molar-refractivity contribution is 8.00. The lowest BCUT2D eigenvalue weighted by atomic mass is 10.0. The zero-order valence-corrected chi connectivity index (χ0v) is 48.3. The SMILES string of the molecule is CC(C)(C)SC[C@H](NC(=O)CNC(=O)CCl)C(=O)NCC(=O)NCC(=O)NCC(=O)N[C@@H](CSC(C)(C)C)C(=O)N[C@@H](Cc1ccccc1)C(=O)N[C@@H](CS)C(=O)NCCOCCOCCOCCNC(=O)COCC(N)=O. The van der Waals surface area contributed by atoms with E-state index in [9.17, 15) is 52.7 Å². The Balaban J connectivity index is 2.75. The Morgan fingerprint density at radius 3 is 1.44 bits per heavy atom. The van der Waals surface area contributed by atoms with E-state index in [0.717, 1.165) is 0 Å². The van der Waals surface area contributed by atoms with Crippen molar-refractivity contribution in [3.05, 3.63) is 35.9 Å². The highest BCUT2D eigenvalue weighted by Gasteiger charge is 2.31. The molecular weight excluding hydrogens is 1100 g/mol. The number of benzene rings is 1. The van der Waals surface area contributed by atoms with Crippen LogP contribution in [0.3, 0.4) is 0 Å². The molecule has 0 saturated carbocycles. The summed E-state index contributed by atoms with van der Waals surface area (Å²) in [6, 6.07) is 4.20.